The van der Waals surface area contributed by atoms with Gasteiger partial charge in [0.05, 0.1) is 6.61 Å². The van der Waals surface area contributed by atoms with Crippen LogP contribution < -0.4 is 0 Å². The van der Waals surface area contributed by atoms with Gasteiger partial charge >= 0.3 is 11.9 Å². The van der Waals surface area contributed by atoms with Crippen LogP contribution in [0.5, 0.6) is 0 Å². The molecular formula is C31H58O12S. The van der Waals surface area contributed by atoms with Crippen LogP contribution in [-0.2, 0) is 38.7 Å². The highest BCUT2D eigenvalue weighted by atomic mass is 32.2. The van der Waals surface area contributed by atoms with Crippen LogP contribution in [0.25, 0.3) is 0 Å². The van der Waals surface area contributed by atoms with Gasteiger partial charge in [-0.15, -0.1) is 0 Å². The maximum Gasteiger partial charge on any atom is 0.306 e. The molecular weight excluding hydrogens is 596 g/mol. The quantitative estimate of drug-likeness (QED) is 0.0592. The lowest BCUT2D eigenvalue weighted by atomic mass is 10.00. The van der Waals surface area contributed by atoms with Crippen LogP contribution in [0.2, 0.25) is 0 Å². The molecule has 1 saturated heterocycles. The fraction of sp³-hybridized carbons (Fsp3) is 0.935. The first kappa shape index (κ1) is 40.7. The molecule has 0 aromatic carbocycles. The van der Waals surface area contributed by atoms with Gasteiger partial charge in [0.25, 0.3) is 10.1 Å². The van der Waals surface area contributed by atoms with Gasteiger partial charge in [-0.3, -0.25) is 14.1 Å². The second-order valence-corrected chi connectivity index (χ2v) is 13.3. The summed E-state index contributed by atoms with van der Waals surface area (Å²) in [6.45, 7) is 3.59. The van der Waals surface area contributed by atoms with Crippen molar-refractivity contribution >= 4 is 22.1 Å². The Balaban J connectivity index is 2.55. The fourth-order valence-corrected chi connectivity index (χ4v) is 5.72. The maximum absolute atomic E-state index is 12.5. The van der Waals surface area contributed by atoms with E-state index in [0.29, 0.717) is 12.8 Å². The zero-order valence-corrected chi connectivity index (χ0v) is 27.6. The molecule has 0 aliphatic carbocycles. The molecule has 4 N–H and O–H groups in total. The van der Waals surface area contributed by atoms with E-state index >= 15 is 0 Å². The first-order valence-electron chi connectivity index (χ1n) is 16.6. The van der Waals surface area contributed by atoms with Gasteiger partial charge in [0, 0.05) is 12.8 Å². The first-order valence-corrected chi connectivity index (χ1v) is 18.2. The number of aliphatic hydroxyl groups is 3. The molecule has 0 amide bonds. The minimum atomic E-state index is -4.58. The van der Waals surface area contributed by atoms with Crippen LogP contribution in [0.15, 0.2) is 0 Å². The molecule has 12 nitrogen and oxygen atoms in total. The van der Waals surface area contributed by atoms with Crippen molar-refractivity contribution in [3.8, 4) is 0 Å². The third-order valence-corrected chi connectivity index (χ3v) is 8.44. The van der Waals surface area contributed by atoms with Crippen molar-refractivity contribution in [1.29, 1.82) is 0 Å². The second kappa shape index (κ2) is 23.9. The van der Waals surface area contributed by atoms with E-state index in [1.165, 1.54) is 44.9 Å². The lowest BCUT2D eigenvalue weighted by Gasteiger charge is -2.40. The summed E-state index contributed by atoms with van der Waals surface area (Å²) < 4.78 is 53.3. The lowest BCUT2D eigenvalue weighted by Crippen LogP contribution is -2.60. The van der Waals surface area contributed by atoms with Gasteiger partial charge in [-0.1, -0.05) is 104 Å². The molecule has 0 aromatic heterocycles. The molecule has 6 atom stereocenters. The summed E-state index contributed by atoms with van der Waals surface area (Å²) in [4.78, 5) is 24.8. The van der Waals surface area contributed by atoms with E-state index in [0.717, 1.165) is 44.9 Å². The van der Waals surface area contributed by atoms with E-state index in [1.807, 2.05) is 0 Å². The minimum Gasteiger partial charge on any atom is -0.462 e. The van der Waals surface area contributed by atoms with Crippen molar-refractivity contribution in [2.24, 2.45) is 0 Å². The molecule has 44 heavy (non-hydrogen) atoms. The summed E-state index contributed by atoms with van der Waals surface area (Å²) in [5, 5.41) is 30.5. The Morgan fingerprint density at radius 1 is 0.682 bits per heavy atom. The Hall–Kier alpha value is -1.35. The second-order valence-electron chi connectivity index (χ2n) is 11.8. The van der Waals surface area contributed by atoms with Crippen molar-refractivity contribution in [3.05, 3.63) is 0 Å². The molecule has 260 valence electrons. The standard InChI is InChI=1S/C31H58O12S/c1-3-5-7-9-10-11-12-13-14-16-17-19-26(32)40-21-24(42-27(33)20-18-15-8-6-4-2)22-41-31-30(36)29(35)28(34)25(43-31)23-44(37,38)39/h24-25,28-31,34-36H,3-23H2,1-2H3,(H,37,38,39)/t24-,25-,28-,29+,30-,31-/m1/s1. The van der Waals surface area contributed by atoms with E-state index in [2.05, 4.69) is 13.8 Å². The van der Waals surface area contributed by atoms with E-state index in [4.69, 9.17) is 23.5 Å². The summed E-state index contributed by atoms with van der Waals surface area (Å²) in [7, 11) is -4.58. The van der Waals surface area contributed by atoms with Crippen molar-refractivity contribution in [1.82, 2.24) is 0 Å². The molecule has 0 spiro atoms. The third-order valence-electron chi connectivity index (χ3n) is 7.69. The Bertz CT molecular complexity index is 868. The minimum absolute atomic E-state index is 0.163. The fourth-order valence-electron chi connectivity index (χ4n) is 5.03. The number of hydrogen-bond acceptors (Lipinski definition) is 11. The summed E-state index contributed by atoms with van der Waals surface area (Å²) in [5.41, 5.74) is 0. The Morgan fingerprint density at radius 3 is 1.66 bits per heavy atom. The number of unbranched alkanes of at least 4 members (excludes halogenated alkanes) is 14. The molecule has 0 radical (unpaired) electrons. The highest BCUT2D eigenvalue weighted by Gasteiger charge is 2.46. The van der Waals surface area contributed by atoms with E-state index in [-0.39, 0.29) is 19.4 Å². The first-order chi connectivity index (χ1) is 21.0. The Morgan fingerprint density at radius 2 is 1.16 bits per heavy atom. The average Bonchev–Trinajstić information content (AvgIpc) is 2.97. The number of ether oxygens (including phenoxy) is 4. The lowest BCUT2D eigenvalue weighted by molar-refractivity contribution is -0.297. The van der Waals surface area contributed by atoms with Gasteiger partial charge in [0.1, 0.15) is 36.8 Å². The highest BCUT2D eigenvalue weighted by molar-refractivity contribution is 7.85. The summed E-state index contributed by atoms with van der Waals surface area (Å²) in [6, 6.07) is 0. The molecule has 1 heterocycles. The Kier molecular flexibility index (Phi) is 22.1. The largest absolute Gasteiger partial charge is 0.462 e. The van der Waals surface area contributed by atoms with Crippen LogP contribution >= 0.6 is 0 Å². The van der Waals surface area contributed by atoms with Gasteiger partial charge in [0.15, 0.2) is 12.4 Å². The number of hydrogen-bond donors (Lipinski definition) is 4. The summed E-state index contributed by atoms with van der Waals surface area (Å²) >= 11 is 0. The topological polar surface area (TPSA) is 186 Å². The van der Waals surface area contributed by atoms with Gasteiger partial charge in [0.2, 0.25) is 0 Å². The zero-order valence-electron chi connectivity index (χ0n) is 26.8. The van der Waals surface area contributed by atoms with Crippen LogP contribution in [0.3, 0.4) is 0 Å². The number of rotatable bonds is 26. The molecule has 1 aliphatic heterocycles. The van der Waals surface area contributed by atoms with Crippen LogP contribution in [0.1, 0.15) is 129 Å². The number of carbonyl (C=O) groups is 2. The number of esters is 2. The predicted octanol–water partition coefficient (Wildman–Crippen LogP) is 4.22. The third kappa shape index (κ3) is 19.2. The van der Waals surface area contributed by atoms with E-state index in [1.54, 1.807) is 0 Å². The van der Waals surface area contributed by atoms with Crippen LogP contribution in [-0.4, -0.2) is 96.0 Å². The molecule has 13 heteroatoms. The monoisotopic (exact) mass is 654 g/mol. The van der Waals surface area contributed by atoms with Crippen LogP contribution in [0, 0.1) is 0 Å². The molecule has 0 unspecified atom stereocenters. The van der Waals surface area contributed by atoms with Gasteiger partial charge in [-0.2, -0.15) is 8.42 Å². The normalized spacial score (nSPS) is 22.9. The van der Waals surface area contributed by atoms with Gasteiger partial charge in [-0.25, -0.2) is 0 Å². The predicted molar refractivity (Wildman–Crippen MR) is 164 cm³/mol. The summed E-state index contributed by atoms with van der Waals surface area (Å²) in [6.07, 6.45) is 8.09. The van der Waals surface area contributed by atoms with Crippen molar-refractivity contribution in [3.63, 3.8) is 0 Å². The van der Waals surface area contributed by atoms with Crippen molar-refractivity contribution < 1.29 is 56.8 Å². The van der Waals surface area contributed by atoms with E-state index in [9.17, 15) is 33.3 Å². The molecule has 0 bridgehead atoms. The molecule has 1 fully saturated rings. The van der Waals surface area contributed by atoms with E-state index < -0.39 is 71.2 Å². The highest BCUT2D eigenvalue weighted by Crippen LogP contribution is 2.24. The molecule has 0 saturated carbocycles. The van der Waals surface area contributed by atoms with Gasteiger partial charge < -0.3 is 34.3 Å². The zero-order chi connectivity index (χ0) is 32.8. The SMILES string of the molecule is CCCCCCCCCCCCCC(=O)OC[C@H](CO[C@@H]1O[C@H](CS(=O)(=O)O)[C@@H](O)[C@H](O)[C@H]1O)OC(=O)CCCCCCC. The number of carbonyl (C=O) groups excluding carboxylic acids is 2. The molecule has 1 rings (SSSR count). The van der Waals surface area contributed by atoms with Crippen molar-refractivity contribution in [2.45, 2.75) is 166 Å². The van der Waals surface area contributed by atoms with Crippen molar-refractivity contribution in [2.75, 3.05) is 19.0 Å². The molecule has 0 aromatic rings. The average molecular weight is 655 g/mol. The Labute approximate surface area is 263 Å². The smallest absolute Gasteiger partial charge is 0.306 e. The van der Waals surface area contributed by atoms with Crippen LogP contribution in [0.4, 0.5) is 0 Å². The molecule has 1 aliphatic rings. The summed E-state index contributed by atoms with van der Waals surface area (Å²) in [5.74, 6) is -1.99. The number of aliphatic hydroxyl groups excluding tert-OH is 3. The van der Waals surface area contributed by atoms with Gasteiger partial charge in [-0.05, 0) is 12.8 Å². The maximum atomic E-state index is 12.5.